The Morgan fingerprint density at radius 1 is 1.34 bits per heavy atom. The summed E-state index contributed by atoms with van der Waals surface area (Å²) in [5, 5.41) is 16.1. The highest BCUT2D eigenvalue weighted by Crippen LogP contribution is 2.38. The van der Waals surface area contributed by atoms with Crippen LogP contribution in [0.2, 0.25) is 0 Å². The third-order valence-corrected chi connectivity index (χ3v) is 6.32. The van der Waals surface area contributed by atoms with Gasteiger partial charge >= 0.3 is 6.03 Å². The maximum Gasteiger partial charge on any atom is 0.319 e. The van der Waals surface area contributed by atoms with Gasteiger partial charge in [0.15, 0.2) is 0 Å². The molecule has 2 aliphatic heterocycles. The first-order valence-electron chi connectivity index (χ1n) is 10.9. The first-order valence-corrected chi connectivity index (χ1v) is 10.9. The molecule has 1 aromatic heterocycles. The number of fused-ring (bicyclic) bond motifs is 1. The SMILES string of the molecule is CC(Nc1ncc2c(n1)CN(C(=O)N[C@H](CO)c1ccccc1)C2(C)C)C1CCCO1.S. The molecule has 3 heterocycles. The first-order chi connectivity index (χ1) is 14.9. The van der Waals surface area contributed by atoms with Crippen LogP contribution in [0.4, 0.5) is 10.7 Å². The van der Waals surface area contributed by atoms with Crippen molar-refractivity contribution in [2.24, 2.45) is 0 Å². The lowest BCUT2D eigenvalue weighted by Crippen LogP contribution is -2.47. The van der Waals surface area contributed by atoms with Crippen molar-refractivity contribution in [1.29, 1.82) is 0 Å². The van der Waals surface area contributed by atoms with Gasteiger partial charge in [0.1, 0.15) is 0 Å². The van der Waals surface area contributed by atoms with E-state index in [0.29, 0.717) is 12.5 Å². The Labute approximate surface area is 196 Å². The predicted molar refractivity (Wildman–Crippen MR) is 128 cm³/mol. The number of nitrogens with one attached hydrogen (secondary N) is 2. The zero-order valence-corrected chi connectivity index (χ0v) is 19.8. The second-order valence-corrected chi connectivity index (χ2v) is 8.78. The number of aromatic nitrogens is 2. The largest absolute Gasteiger partial charge is 0.394 e. The van der Waals surface area contributed by atoms with Crippen LogP contribution in [0, 0.1) is 0 Å². The van der Waals surface area contributed by atoms with E-state index in [1.165, 1.54) is 0 Å². The highest BCUT2D eigenvalue weighted by Gasteiger charge is 2.42. The number of carbonyl (C=O) groups excluding carboxylic acids is 1. The molecule has 0 bridgehead atoms. The van der Waals surface area contributed by atoms with E-state index in [-0.39, 0.29) is 38.3 Å². The molecule has 9 heteroatoms. The number of amides is 2. The number of aliphatic hydroxyl groups is 1. The van der Waals surface area contributed by atoms with Gasteiger partial charge in [-0.05, 0) is 39.2 Å². The Morgan fingerprint density at radius 3 is 2.75 bits per heavy atom. The lowest BCUT2D eigenvalue weighted by atomic mass is 9.97. The average molecular weight is 460 g/mol. The lowest BCUT2D eigenvalue weighted by Gasteiger charge is -2.33. The van der Waals surface area contributed by atoms with Gasteiger partial charge in [-0.25, -0.2) is 14.8 Å². The molecule has 4 rings (SSSR count). The van der Waals surface area contributed by atoms with Crippen molar-refractivity contribution >= 4 is 25.5 Å². The summed E-state index contributed by atoms with van der Waals surface area (Å²) < 4.78 is 5.75. The summed E-state index contributed by atoms with van der Waals surface area (Å²) in [6.07, 6.45) is 4.09. The van der Waals surface area contributed by atoms with Crippen LogP contribution in [-0.2, 0) is 16.8 Å². The molecule has 174 valence electrons. The van der Waals surface area contributed by atoms with Crippen molar-refractivity contribution in [3.63, 3.8) is 0 Å². The van der Waals surface area contributed by atoms with Crippen LogP contribution in [0.25, 0.3) is 0 Å². The number of benzene rings is 1. The van der Waals surface area contributed by atoms with Crippen molar-refractivity contribution in [3.8, 4) is 0 Å². The zero-order chi connectivity index (χ0) is 22.0. The highest BCUT2D eigenvalue weighted by molar-refractivity contribution is 7.59. The van der Waals surface area contributed by atoms with Crippen molar-refractivity contribution in [1.82, 2.24) is 20.2 Å². The molecule has 1 fully saturated rings. The quantitative estimate of drug-likeness (QED) is 0.614. The Morgan fingerprint density at radius 2 is 2.09 bits per heavy atom. The number of rotatable bonds is 6. The number of aliphatic hydroxyl groups excluding tert-OH is 1. The summed E-state index contributed by atoms with van der Waals surface area (Å²) in [4.78, 5) is 24.1. The Bertz CT molecular complexity index is 921. The molecule has 0 radical (unpaired) electrons. The van der Waals surface area contributed by atoms with Gasteiger partial charge in [0.05, 0.1) is 42.6 Å². The standard InChI is InChI=1S/C23H31N5O3.H2S/c1-15(20-10-7-11-31-20)25-21-24-12-17-18(26-21)13-28(23(17,2)3)22(30)27-19(14-29)16-8-5-4-6-9-16;/h4-6,8-9,12,15,19-20,29H,7,10-11,13-14H2,1-3H3,(H,27,30)(H,24,25,26);1H2/t15?,19-,20?;/m1./s1. The predicted octanol–water partition coefficient (Wildman–Crippen LogP) is 3.06. The monoisotopic (exact) mass is 459 g/mol. The average Bonchev–Trinajstić information content (AvgIpc) is 3.39. The van der Waals surface area contributed by atoms with Gasteiger partial charge < -0.3 is 25.4 Å². The molecule has 2 unspecified atom stereocenters. The highest BCUT2D eigenvalue weighted by atomic mass is 32.1. The van der Waals surface area contributed by atoms with E-state index in [0.717, 1.165) is 36.3 Å². The number of hydrogen-bond donors (Lipinski definition) is 3. The van der Waals surface area contributed by atoms with Crippen LogP contribution in [0.3, 0.4) is 0 Å². The number of nitrogens with zero attached hydrogens (tertiary/aromatic N) is 3. The maximum atomic E-state index is 13.1. The lowest BCUT2D eigenvalue weighted by molar-refractivity contribution is 0.0994. The van der Waals surface area contributed by atoms with Crippen molar-refractivity contribution in [2.75, 3.05) is 18.5 Å². The van der Waals surface area contributed by atoms with E-state index in [9.17, 15) is 9.90 Å². The zero-order valence-electron chi connectivity index (χ0n) is 18.8. The van der Waals surface area contributed by atoms with Gasteiger partial charge in [-0.15, -0.1) is 0 Å². The second kappa shape index (κ2) is 10.1. The van der Waals surface area contributed by atoms with E-state index in [1.807, 2.05) is 44.2 Å². The molecule has 2 amide bonds. The van der Waals surface area contributed by atoms with Crippen molar-refractivity contribution in [2.45, 2.75) is 63.9 Å². The molecule has 2 aliphatic rings. The summed E-state index contributed by atoms with van der Waals surface area (Å²) in [6, 6.07) is 8.88. The fraction of sp³-hybridized carbons (Fsp3) is 0.522. The van der Waals surface area contributed by atoms with Gasteiger partial charge in [-0.2, -0.15) is 13.5 Å². The third kappa shape index (κ3) is 4.84. The van der Waals surface area contributed by atoms with Gasteiger partial charge in [0, 0.05) is 18.4 Å². The summed E-state index contributed by atoms with van der Waals surface area (Å²) in [5.41, 5.74) is 2.06. The Kier molecular flexibility index (Phi) is 7.63. The van der Waals surface area contributed by atoms with Gasteiger partial charge in [-0.1, -0.05) is 30.3 Å². The second-order valence-electron chi connectivity index (χ2n) is 8.78. The van der Waals surface area contributed by atoms with E-state index < -0.39 is 11.6 Å². The van der Waals surface area contributed by atoms with Gasteiger partial charge in [0.25, 0.3) is 0 Å². The maximum absolute atomic E-state index is 13.1. The minimum Gasteiger partial charge on any atom is -0.394 e. The van der Waals surface area contributed by atoms with Crippen LogP contribution < -0.4 is 10.6 Å². The number of ether oxygens (including phenoxy) is 1. The summed E-state index contributed by atoms with van der Waals surface area (Å²) in [7, 11) is 0. The minimum absolute atomic E-state index is 0. The van der Waals surface area contributed by atoms with Crippen molar-refractivity contribution < 1.29 is 14.6 Å². The fourth-order valence-corrected chi connectivity index (χ4v) is 4.38. The number of urea groups is 1. The third-order valence-electron chi connectivity index (χ3n) is 6.32. The molecule has 3 atom stereocenters. The smallest absolute Gasteiger partial charge is 0.319 e. The molecule has 8 nitrogen and oxygen atoms in total. The minimum atomic E-state index is -0.561. The number of anilines is 1. The Hall–Kier alpha value is -2.36. The van der Waals surface area contributed by atoms with E-state index >= 15 is 0 Å². The van der Waals surface area contributed by atoms with Crippen molar-refractivity contribution in [3.05, 3.63) is 53.3 Å². The number of hydrogen-bond acceptors (Lipinski definition) is 6. The molecule has 0 saturated carbocycles. The van der Waals surface area contributed by atoms with Crippen LogP contribution >= 0.6 is 13.5 Å². The fourth-order valence-electron chi connectivity index (χ4n) is 4.38. The van der Waals surface area contributed by atoms with Crippen LogP contribution in [-0.4, -0.2) is 51.4 Å². The number of carbonyl (C=O) groups is 1. The molecule has 0 spiro atoms. The van der Waals surface area contributed by atoms with E-state index in [4.69, 9.17) is 9.72 Å². The molecule has 2 aromatic rings. The summed E-state index contributed by atoms with van der Waals surface area (Å²) in [6.45, 7) is 7.06. The van der Waals surface area contributed by atoms with E-state index in [1.54, 1.807) is 11.1 Å². The van der Waals surface area contributed by atoms with Crippen LogP contribution in [0.15, 0.2) is 36.5 Å². The summed E-state index contributed by atoms with van der Waals surface area (Å²) >= 11 is 0. The van der Waals surface area contributed by atoms with Crippen LogP contribution in [0.5, 0.6) is 0 Å². The molecule has 1 aromatic carbocycles. The topological polar surface area (TPSA) is 99.6 Å². The van der Waals surface area contributed by atoms with Gasteiger partial charge in [-0.3, -0.25) is 0 Å². The molecule has 3 N–H and O–H groups in total. The molecule has 32 heavy (non-hydrogen) atoms. The first kappa shape index (κ1) is 24.3. The molecule has 0 aliphatic carbocycles. The molecular formula is C23H33N5O3S. The molecule has 1 saturated heterocycles. The van der Waals surface area contributed by atoms with Gasteiger partial charge in [0.2, 0.25) is 5.95 Å². The Balaban J connectivity index is 0.00000289. The van der Waals surface area contributed by atoms with Crippen LogP contribution in [0.1, 0.15) is 56.5 Å². The van der Waals surface area contributed by atoms with E-state index in [2.05, 4.69) is 22.5 Å². The summed E-state index contributed by atoms with van der Waals surface area (Å²) in [5.74, 6) is 0.553. The normalized spacial score (nSPS) is 20.8. The molecular weight excluding hydrogens is 426 g/mol.